The quantitative estimate of drug-likeness (QED) is 0.879. The van der Waals surface area contributed by atoms with E-state index in [9.17, 15) is 4.79 Å². The summed E-state index contributed by atoms with van der Waals surface area (Å²) in [5.74, 6) is 0.514. The molecule has 18 heavy (non-hydrogen) atoms. The predicted molar refractivity (Wildman–Crippen MR) is 74.7 cm³/mol. The number of aryl methyl sites for hydroxylation is 2. The minimum Gasteiger partial charge on any atom is -0.330 e. The van der Waals surface area contributed by atoms with Gasteiger partial charge in [0.2, 0.25) is 5.91 Å². The molecular formula is C13H21N3OS. The van der Waals surface area contributed by atoms with Crippen LogP contribution in [-0.4, -0.2) is 17.4 Å². The second-order valence-electron chi connectivity index (χ2n) is 4.90. The monoisotopic (exact) mass is 267 g/mol. The number of hydrogen-bond donors (Lipinski definition) is 2. The molecule has 3 N–H and O–H groups in total. The van der Waals surface area contributed by atoms with E-state index in [1.807, 2.05) is 6.92 Å². The van der Waals surface area contributed by atoms with Crippen LogP contribution in [0, 0.1) is 18.8 Å². The van der Waals surface area contributed by atoms with Gasteiger partial charge in [0.15, 0.2) is 5.13 Å². The van der Waals surface area contributed by atoms with E-state index in [4.69, 9.17) is 5.73 Å². The van der Waals surface area contributed by atoms with Gasteiger partial charge in [0, 0.05) is 10.8 Å². The zero-order valence-electron chi connectivity index (χ0n) is 11.0. The van der Waals surface area contributed by atoms with Crippen LogP contribution in [0.2, 0.25) is 0 Å². The molecule has 1 aromatic heterocycles. The summed E-state index contributed by atoms with van der Waals surface area (Å²) in [6, 6.07) is 0. The van der Waals surface area contributed by atoms with Crippen molar-refractivity contribution in [2.75, 3.05) is 11.9 Å². The van der Waals surface area contributed by atoms with Crippen molar-refractivity contribution >= 4 is 22.4 Å². The van der Waals surface area contributed by atoms with Gasteiger partial charge in [-0.3, -0.25) is 4.79 Å². The molecule has 0 radical (unpaired) electrons. The lowest BCUT2D eigenvalue weighted by molar-refractivity contribution is -0.120. The number of carbonyl (C=O) groups is 1. The van der Waals surface area contributed by atoms with Crippen molar-refractivity contribution in [1.29, 1.82) is 0 Å². The van der Waals surface area contributed by atoms with E-state index in [1.54, 1.807) is 11.3 Å². The molecule has 0 aliphatic heterocycles. The lowest BCUT2D eigenvalue weighted by atomic mass is 9.95. The number of rotatable bonds is 4. The number of aromatic nitrogens is 1. The molecule has 4 nitrogen and oxygen atoms in total. The molecule has 1 aliphatic rings. The summed E-state index contributed by atoms with van der Waals surface area (Å²) in [4.78, 5) is 17.8. The summed E-state index contributed by atoms with van der Waals surface area (Å²) in [6.45, 7) is 4.73. The maximum atomic E-state index is 12.2. The molecule has 5 heteroatoms. The first-order valence-electron chi connectivity index (χ1n) is 6.63. The number of nitrogens with one attached hydrogen (secondary N) is 1. The third-order valence-electron chi connectivity index (χ3n) is 3.76. The fraction of sp³-hybridized carbons (Fsp3) is 0.692. The van der Waals surface area contributed by atoms with E-state index in [1.165, 1.54) is 4.88 Å². The summed E-state index contributed by atoms with van der Waals surface area (Å²) in [6.07, 6.45) is 4.05. The summed E-state index contributed by atoms with van der Waals surface area (Å²) in [7, 11) is 0. The normalized spacial score (nSPS) is 23.3. The highest BCUT2D eigenvalue weighted by Gasteiger charge is 2.32. The zero-order chi connectivity index (χ0) is 13.1. The minimum atomic E-state index is 0.0734. The molecule has 2 atom stereocenters. The van der Waals surface area contributed by atoms with Gasteiger partial charge in [-0.25, -0.2) is 4.98 Å². The SMILES string of the molecule is CCc1nc(NC(=O)C2CCCC2CN)sc1C. The van der Waals surface area contributed by atoms with Crippen molar-refractivity contribution in [1.82, 2.24) is 4.98 Å². The third kappa shape index (κ3) is 2.72. The van der Waals surface area contributed by atoms with Gasteiger partial charge in [-0.05, 0) is 38.6 Å². The minimum absolute atomic E-state index is 0.0734. The Morgan fingerprint density at radius 2 is 2.33 bits per heavy atom. The fourth-order valence-electron chi connectivity index (χ4n) is 2.67. The molecule has 100 valence electrons. The van der Waals surface area contributed by atoms with E-state index >= 15 is 0 Å². The first-order chi connectivity index (χ1) is 8.65. The van der Waals surface area contributed by atoms with Gasteiger partial charge in [0.25, 0.3) is 0 Å². The molecule has 1 aliphatic carbocycles. The summed E-state index contributed by atoms with van der Waals surface area (Å²) in [5.41, 5.74) is 6.79. The fourth-order valence-corrected chi connectivity index (χ4v) is 3.58. The number of nitrogens with zero attached hydrogens (tertiary/aromatic N) is 1. The zero-order valence-corrected chi connectivity index (χ0v) is 11.8. The van der Waals surface area contributed by atoms with Crippen LogP contribution in [0.3, 0.4) is 0 Å². The molecule has 0 aromatic carbocycles. The Labute approximate surface area is 112 Å². The molecule has 2 unspecified atom stereocenters. The Bertz CT molecular complexity index is 430. The molecule has 1 saturated carbocycles. The number of thiazole rings is 1. The Kier molecular flexibility index (Phi) is 4.35. The maximum absolute atomic E-state index is 12.2. The van der Waals surface area contributed by atoms with Gasteiger partial charge in [-0.15, -0.1) is 11.3 Å². The maximum Gasteiger partial charge on any atom is 0.229 e. The van der Waals surface area contributed by atoms with E-state index in [-0.39, 0.29) is 11.8 Å². The largest absolute Gasteiger partial charge is 0.330 e. The summed E-state index contributed by atoms with van der Waals surface area (Å²) >= 11 is 1.56. The Morgan fingerprint density at radius 1 is 1.56 bits per heavy atom. The highest BCUT2D eigenvalue weighted by Crippen LogP contribution is 2.32. The molecule has 0 spiro atoms. The second kappa shape index (κ2) is 5.80. The Morgan fingerprint density at radius 3 is 2.94 bits per heavy atom. The first kappa shape index (κ1) is 13.5. The van der Waals surface area contributed by atoms with E-state index in [2.05, 4.69) is 17.2 Å². The Balaban J connectivity index is 2.02. The van der Waals surface area contributed by atoms with Gasteiger partial charge in [0.05, 0.1) is 5.69 Å². The van der Waals surface area contributed by atoms with Crippen molar-refractivity contribution in [2.45, 2.75) is 39.5 Å². The van der Waals surface area contributed by atoms with Gasteiger partial charge in [0.1, 0.15) is 0 Å². The molecule has 0 saturated heterocycles. The van der Waals surface area contributed by atoms with Crippen molar-refractivity contribution in [2.24, 2.45) is 17.6 Å². The number of anilines is 1. The Hall–Kier alpha value is -0.940. The number of hydrogen-bond acceptors (Lipinski definition) is 4. The molecule has 2 rings (SSSR count). The lowest BCUT2D eigenvalue weighted by Crippen LogP contribution is -2.29. The summed E-state index contributed by atoms with van der Waals surface area (Å²) in [5, 5.41) is 3.69. The molecule has 1 aromatic rings. The third-order valence-corrected chi connectivity index (χ3v) is 4.68. The molecule has 1 amide bonds. The smallest absolute Gasteiger partial charge is 0.229 e. The lowest BCUT2D eigenvalue weighted by Gasteiger charge is -2.16. The van der Waals surface area contributed by atoms with Crippen LogP contribution < -0.4 is 11.1 Å². The topological polar surface area (TPSA) is 68.0 Å². The van der Waals surface area contributed by atoms with E-state index in [0.717, 1.165) is 36.5 Å². The van der Waals surface area contributed by atoms with Gasteiger partial charge >= 0.3 is 0 Å². The number of amides is 1. The number of nitrogens with two attached hydrogens (primary N) is 1. The standard InChI is InChI=1S/C13H21N3OS/c1-3-11-8(2)18-13(15-11)16-12(17)10-6-4-5-9(10)7-14/h9-10H,3-7,14H2,1-2H3,(H,15,16,17). The highest BCUT2D eigenvalue weighted by molar-refractivity contribution is 7.15. The van der Waals surface area contributed by atoms with E-state index < -0.39 is 0 Å². The average molecular weight is 267 g/mol. The van der Waals surface area contributed by atoms with Crippen LogP contribution in [-0.2, 0) is 11.2 Å². The average Bonchev–Trinajstić information content (AvgIpc) is 2.95. The molecule has 0 bridgehead atoms. The van der Waals surface area contributed by atoms with Crippen molar-refractivity contribution in [3.8, 4) is 0 Å². The van der Waals surface area contributed by atoms with Gasteiger partial charge in [-0.2, -0.15) is 0 Å². The molecular weight excluding hydrogens is 246 g/mol. The van der Waals surface area contributed by atoms with Crippen LogP contribution in [0.25, 0.3) is 0 Å². The first-order valence-corrected chi connectivity index (χ1v) is 7.44. The van der Waals surface area contributed by atoms with Crippen LogP contribution in [0.1, 0.15) is 36.8 Å². The van der Waals surface area contributed by atoms with Crippen LogP contribution in [0.4, 0.5) is 5.13 Å². The molecule has 1 heterocycles. The number of carbonyl (C=O) groups excluding carboxylic acids is 1. The summed E-state index contributed by atoms with van der Waals surface area (Å²) < 4.78 is 0. The van der Waals surface area contributed by atoms with Gasteiger partial charge in [-0.1, -0.05) is 13.3 Å². The van der Waals surface area contributed by atoms with Crippen LogP contribution in [0.15, 0.2) is 0 Å². The van der Waals surface area contributed by atoms with Crippen LogP contribution in [0.5, 0.6) is 0 Å². The predicted octanol–water partition coefficient (Wildman–Crippen LogP) is 2.33. The second-order valence-corrected chi connectivity index (χ2v) is 6.10. The van der Waals surface area contributed by atoms with Crippen molar-refractivity contribution in [3.05, 3.63) is 10.6 Å². The van der Waals surface area contributed by atoms with Gasteiger partial charge < -0.3 is 11.1 Å². The van der Waals surface area contributed by atoms with Crippen molar-refractivity contribution in [3.63, 3.8) is 0 Å². The highest BCUT2D eigenvalue weighted by atomic mass is 32.1. The van der Waals surface area contributed by atoms with Crippen molar-refractivity contribution < 1.29 is 4.79 Å². The van der Waals surface area contributed by atoms with E-state index in [0.29, 0.717) is 12.5 Å². The molecule has 1 fully saturated rings. The van der Waals surface area contributed by atoms with Crippen LogP contribution >= 0.6 is 11.3 Å².